The Labute approximate surface area is 122 Å². The summed E-state index contributed by atoms with van der Waals surface area (Å²) in [5, 5.41) is 3.56. The lowest BCUT2D eigenvalue weighted by atomic mass is 10.0. The fourth-order valence-electron chi connectivity index (χ4n) is 3.74. The highest BCUT2D eigenvalue weighted by Crippen LogP contribution is 2.41. The Hall–Kier alpha value is -0.730. The third-order valence-electron chi connectivity index (χ3n) is 4.92. The number of nitrogens with one attached hydrogen (secondary N) is 1. The summed E-state index contributed by atoms with van der Waals surface area (Å²) in [5.41, 5.74) is 4.47. The van der Waals surface area contributed by atoms with Crippen molar-refractivity contribution in [2.45, 2.75) is 32.2 Å². The number of nitrogens with zero attached hydrogens (tertiary/aromatic N) is 1. The van der Waals surface area contributed by atoms with Crippen LogP contribution in [-0.2, 0) is 13.0 Å². The van der Waals surface area contributed by atoms with Crippen LogP contribution < -0.4 is 5.32 Å². The Morgan fingerprint density at radius 3 is 2.89 bits per heavy atom. The second-order valence-electron chi connectivity index (χ2n) is 6.25. The zero-order chi connectivity index (χ0) is 11.9. The Balaban J connectivity index is 0.00000110. The molecule has 1 saturated carbocycles. The molecule has 2 nitrogen and oxygen atoms in total. The summed E-state index contributed by atoms with van der Waals surface area (Å²) in [6, 6.07) is 6.81. The Morgan fingerprint density at radius 2 is 2.05 bits per heavy atom. The van der Waals surface area contributed by atoms with Crippen LogP contribution in [0.15, 0.2) is 18.2 Å². The Kier molecular flexibility index (Phi) is 3.72. The summed E-state index contributed by atoms with van der Waals surface area (Å²) in [5.74, 6) is 2.09. The quantitative estimate of drug-likeness (QED) is 0.913. The standard InChI is InChI=1S/C16H22N2.ClH/c1-2-13-6-8-17-16(13)15(3-1)11-18-9-7-14(10-18)12-4-5-12;/h1-3,12,14,17H,4-11H2;1H. The number of halogens is 1. The van der Waals surface area contributed by atoms with Gasteiger partial charge in [0, 0.05) is 25.3 Å². The van der Waals surface area contributed by atoms with Gasteiger partial charge in [0.15, 0.2) is 0 Å². The number of rotatable bonds is 3. The van der Waals surface area contributed by atoms with Gasteiger partial charge in [0.2, 0.25) is 0 Å². The molecule has 1 atom stereocenters. The van der Waals surface area contributed by atoms with Gasteiger partial charge in [-0.3, -0.25) is 4.90 Å². The van der Waals surface area contributed by atoms with E-state index < -0.39 is 0 Å². The first-order chi connectivity index (χ1) is 8.90. The van der Waals surface area contributed by atoms with E-state index >= 15 is 0 Å². The van der Waals surface area contributed by atoms with Crippen molar-refractivity contribution in [3.05, 3.63) is 29.3 Å². The van der Waals surface area contributed by atoms with Crippen molar-refractivity contribution in [2.75, 3.05) is 25.0 Å². The van der Waals surface area contributed by atoms with Crippen LogP contribution in [0.2, 0.25) is 0 Å². The lowest BCUT2D eigenvalue weighted by molar-refractivity contribution is 0.310. The summed E-state index contributed by atoms with van der Waals surface area (Å²) in [6.07, 6.45) is 5.64. The molecule has 1 N–H and O–H groups in total. The van der Waals surface area contributed by atoms with E-state index in [9.17, 15) is 0 Å². The van der Waals surface area contributed by atoms with Crippen LogP contribution in [0.3, 0.4) is 0 Å². The van der Waals surface area contributed by atoms with Gasteiger partial charge in [-0.25, -0.2) is 0 Å². The molecular weight excluding hydrogens is 256 g/mol. The minimum absolute atomic E-state index is 0. The van der Waals surface area contributed by atoms with Crippen molar-refractivity contribution >= 4 is 18.1 Å². The van der Waals surface area contributed by atoms with Gasteiger partial charge in [-0.05, 0) is 55.2 Å². The highest BCUT2D eigenvalue weighted by Gasteiger charge is 2.35. The molecule has 0 amide bonds. The summed E-state index contributed by atoms with van der Waals surface area (Å²) in [4.78, 5) is 2.67. The molecule has 2 aliphatic heterocycles. The highest BCUT2D eigenvalue weighted by atomic mass is 35.5. The predicted molar refractivity (Wildman–Crippen MR) is 82.0 cm³/mol. The average molecular weight is 279 g/mol. The molecule has 3 aliphatic rings. The van der Waals surface area contributed by atoms with Gasteiger partial charge in [0.25, 0.3) is 0 Å². The van der Waals surface area contributed by atoms with Crippen LogP contribution in [0.1, 0.15) is 30.4 Å². The topological polar surface area (TPSA) is 15.3 Å². The van der Waals surface area contributed by atoms with Gasteiger partial charge in [-0.1, -0.05) is 18.2 Å². The van der Waals surface area contributed by atoms with E-state index in [1.807, 2.05) is 0 Å². The molecule has 1 unspecified atom stereocenters. The van der Waals surface area contributed by atoms with Crippen molar-refractivity contribution in [3.8, 4) is 0 Å². The van der Waals surface area contributed by atoms with E-state index in [1.54, 1.807) is 0 Å². The monoisotopic (exact) mass is 278 g/mol. The fraction of sp³-hybridized carbons (Fsp3) is 0.625. The number of benzene rings is 1. The van der Waals surface area contributed by atoms with Crippen molar-refractivity contribution in [2.24, 2.45) is 11.8 Å². The number of fused-ring (bicyclic) bond motifs is 1. The molecule has 1 aliphatic carbocycles. The molecule has 104 valence electrons. The van der Waals surface area contributed by atoms with E-state index in [0.29, 0.717) is 0 Å². The van der Waals surface area contributed by atoms with Crippen LogP contribution in [0, 0.1) is 11.8 Å². The zero-order valence-electron chi connectivity index (χ0n) is 11.4. The van der Waals surface area contributed by atoms with Crippen LogP contribution >= 0.6 is 12.4 Å². The maximum absolute atomic E-state index is 3.56. The number of para-hydroxylation sites is 1. The van der Waals surface area contributed by atoms with Gasteiger partial charge in [0.1, 0.15) is 0 Å². The van der Waals surface area contributed by atoms with E-state index in [1.165, 1.54) is 55.6 Å². The van der Waals surface area contributed by atoms with Crippen LogP contribution in [-0.4, -0.2) is 24.5 Å². The molecule has 0 bridgehead atoms. The lowest BCUT2D eigenvalue weighted by Crippen LogP contribution is -2.21. The van der Waals surface area contributed by atoms with Crippen molar-refractivity contribution in [3.63, 3.8) is 0 Å². The number of hydrogen-bond donors (Lipinski definition) is 1. The lowest BCUT2D eigenvalue weighted by Gasteiger charge is -2.18. The van der Waals surface area contributed by atoms with Gasteiger partial charge in [-0.15, -0.1) is 12.4 Å². The number of hydrogen-bond acceptors (Lipinski definition) is 2. The van der Waals surface area contributed by atoms with Gasteiger partial charge in [-0.2, -0.15) is 0 Å². The summed E-state index contributed by atoms with van der Waals surface area (Å²) in [7, 11) is 0. The minimum atomic E-state index is 0. The normalized spacial score (nSPS) is 25.8. The predicted octanol–water partition coefficient (Wildman–Crippen LogP) is 3.31. The van der Waals surface area contributed by atoms with Crippen molar-refractivity contribution < 1.29 is 0 Å². The highest BCUT2D eigenvalue weighted by molar-refractivity contribution is 5.85. The van der Waals surface area contributed by atoms with Crippen LogP contribution in [0.5, 0.6) is 0 Å². The van der Waals surface area contributed by atoms with Gasteiger partial charge >= 0.3 is 0 Å². The van der Waals surface area contributed by atoms with Crippen LogP contribution in [0.25, 0.3) is 0 Å². The zero-order valence-corrected chi connectivity index (χ0v) is 12.2. The third kappa shape index (κ3) is 2.61. The first kappa shape index (κ1) is 13.3. The van der Waals surface area contributed by atoms with E-state index in [4.69, 9.17) is 0 Å². The molecule has 0 radical (unpaired) electrons. The largest absolute Gasteiger partial charge is 0.384 e. The molecular formula is C16H23ClN2. The fourth-order valence-corrected chi connectivity index (χ4v) is 3.74. The van der Waals surface area contributed by atoms with Crippen molar-refractivity contribution in [1.82, 2.24) is 4.90 Å². The Bertz CT molecular complexity index is 456. The van der Waals surface area contributed by atoms with Gasteiger partial charge < -0.3 is 5.32 Å². The summed E-state index contributed by atoms with van der Waals surface area (Å²) in [6.45, 7) is 4.93. The summed E-state index contributed by atoms with van der Waals surface area (Å²) < 4.78 is 0. The third-order valence-corrected chi connectivity index (χ3v) is 4.92. The number of likely N-dealkylation sites (tertiary alicyclic amines) is 1. The minimum Gasteiger partial charge on any atom is -0.384 e. The maximum Gasteiger partial charge on any atom is 0.0419 e. The van der Waals surface area contributed by atoms with Crippen molar-refractivity contribution in [1.29, 1.82) is 0 Å². The first-order valence-corrected chi connectivity index (χ1v) is 7.47. The van der Waals surface area contributed by atoms with Crippen LogP contribution in [0.4, 0.5) is 5.69 Å². The SMILES string of the molecule is Cl.c1cc2c(c(CN3CCC(C4CC4)C3)c1)NCC2. The van der Waals surface area contributed by atoms with E-state index in [-0.39, 0.29) is 12.4 Å². The molecule has 1 aromatic carbocycles. The maximum atomic E-state index is 3.56. The molecule has 1 aromatic rings. The number of anilines is 1. The molecule has 1 saturated heterocycles. The molecule has 0 aromatic heterocycles. The average Bonchev–Trinajstić information content (AvgIpc) is 2.94. The van der Waals surface area contributed by atoms with E-state index in [0.717, 1.165) is 24.9 Å². The molecule has 2 heterocycles. The summed E-state index contributed by atoms with van der Waals surface area (Å²) >= 11 is 0. The second-order valence-corrected chi connectivity index (χ2v) is 6.25. The second kappa shape index (κ2) is 5.34. The molecule has 4 rings (SSSR count). The molecule has 19 heavy (non-hydrogen) atoms. The Morgan fingerprint density at radius 1 is 1.16 bits per heavy atom. The molecule has 2 fully saturated rings. The first-order valence-electron chi connectivity index (χ1n) is 7.47. The molecule has 3 heteroatoms. The smallest absolute Gasteiger partial charge is 0.0419 e. The van der Waals surface area contributed by atoms with E-state index in [2.05, 4.69) is 28.4 Å². The van der Waals surface area contributed by atoms with Gasteiger partial charge in [0.05, 0.1) is 0 Å². The molecule has 0 spiro atoms.